The average Bonchev–Trinajstić information content (AvgIpc) is 2.64. The molecular formula is C22H35NO3. The Morgan fingerprint density at radius 1 is 1.23 bits per heavy atom. The number of aliphatic hydroxyl groups excluding tert-OH is 1. The van der Waals surface area contributed by atoms with Crippen LogP contribution in [-0.4, -0.2) is 41.3 Å². The van der Waals surface area contributed by atoms with Crippen LogP contribution in [0.15, 0.2) is 30.3 Å². The first-order chi connectivity index (χ1) is 12.5. The van der Waals surface area contributed by atoms with E-state index in [1.54, 1.807) is 0 Å². The largest absolute Gasteiger partial charge is 0.550 e. The zero-order valence-electron chi connectivity index (χ0n) is 16.4. The number of unbranched alkanes of at least 4 members (excludes halogenated alkanes) is 1. The fourth-order valence-electron chi connectivity index (χ4n) is 4.38. The summed E-state index contributed by atoms with van der Waals surface area (Å²) < 4.78 is 1.11. The summed E-state index contributed by atoms with van der Waals surface area (Å²) in [5.74, 6) is -0.522. The van der Waals surface area contributed by atoms with E-state index < -0.39 is 5.97 Å². The van der Waals surface area contributed by atoms with Gasteiger partial charge in [-0.05, 0) is 18.8 Å². The summed E-state index contributed by atoms with van der Waals surface area (Å²) in [4.78, 5) is 10.3. The first kappa shape index (κ1) is 20.9. The van der Waals surface area contributed by atoms with Crippen molar-refractivity contribution in [2.45, 2.75) is 65.0 Å². The standard InChI is InChI=1S/C14H20NO.C8H16O2/c16-14-11-15(8-6-13(14)7-9-15)10-12-4-2-1-3-5-12;1-3-5-6-7(4-2)8(9)10/h1-5,13-14,16H,6-11H2;7H,3-6H2,1-2H3,(H,9,10)/q+1;/p-1. The number of piperidine rings is 3. The molecule has 2 bridgehead atoms. The number of carbonyl (C=O) groups excluding carboxylic acids is 1. The first-order valence-electron chi connectivity index (χ1n) is 10.3. The van der Waals surface area contributed by atoms with Crippen LogP contribution in [0.2, 0.25) is 0 Å². The summed E-state index contributed by atoms with van der Waals surface area (Å²) in [5, 5.41) is 20.4. The zero-order valence-corrected chi connectivity index (χ0v) is 16.4. The molecule has 26 heavy (non-hydrogen) atoms. The van der Waals surface area contributed by atoms with E-state index in [1.165, 1.54) is 31.5 Å². The number of carboxylic acid groups (broad SMARTS) is 1. The lowest BCUT2D eigenvalue weighted by atomic mass is 9.83. The summed E-state index contributed by atoms with van der Waals surface area (Å²) in [7, 11) is 0. The van der Waals surface area contributed by atoms with Crippen molar-refractivity contribution in [1.82, 2.24) is 0 Å². The Hall–Kier alpha value is -1.39. The van der Waals surface area contributed by atoms with Gasteiger partial charge in [0.2, 0.25) is 0 Å². The first-order valence-corrected chi connectivity index (χ1v) is 10.3. The molecule has 3 fully saturated rings. The molecule has 1 aromatic rings. The minimum absolute atomic E-state index is 0.0498. The van der Waals surface area contributed by atoms with E-state index in [-0.39, 0.29) is 12.0 Å². The van der Waals surface area contributed by atoms with E-state index in [1.807, 2.05) is 6.92 Å². The summed E-state index contributed by atoms with van der Waals surface area (Å²) in [6.07, 6.45) is 5.90. The predicted molar refractivity (Wildman–Crippen MR) is 102 cm³/mol. The van der Waals surface area contributed by atoms with Crippen LogP contribution in [0.1, 0.15) is 57.9 Å². The van der Waals surface area contributed by atoms with Crippen molar-refractivity contribution in [2.75, 3.05) is 19.6 Å². The minimum atomic E-state index is -0.893. The number of quaternary nitrogens is 1. The number of nitrogens with zero attached hydrogens (tertiary/aromatic N) is 1. The highest BCUT2D eigenvalue weighted by Crippen LogP contribution is 2.35. The molecule has 0 spiro atoms. The van der Waals surface area contributed by atoms with E-state index in [0.717, 1.165) is 36.8 Å². The van der Waals surface area contributed by atoms with Gasteiger partial charge in [-0.3, -0.25) is 0 Å². The van der Waals surface area contributed by atoms with Crippen molar-refractivity contribution in [1.29, 1.82) is 0 Å². The molecule has 3 aliphatic heterocycles. The third kappa shape index (κ3) is 5.82. The lowest BCUT2D eigenvalue weighted by Gasteiger charge is -2.51. The average molecular weight is 362 g/mol. The number of fused-ring (bicyclic) bond motifs is 3. The van der Waals surface area contributed by atoms with Crippen molar-refractivity contribution in [3.05, 3.63) is 35.9 Å². The Balaban J connectivity index is 0.000000213. The van der Waals surface area contributed by atoms with E-state index in [0.29, 0.717) is 12.3 Å². The molecule has 0 aromatic heterocycles. The summed E-state index contributed by atoms with van der Waals surface area (Å²) in [5.41, 5.74) is 1.41. The quantitative estimate of drug-likeness (QED) is 0.760. The molecule has 0 amide bonds. The lowest BCUT2D eigenvalue weighted by molar-refractivity contribution is -0.958. The van der Waals surface area contributed by atoms with Gasteiger partial charge in [0.1, 0.15) is 19.2 Å². The number of aliphatic hydroxyl groups is 1. The second-order valence-corrected chi connectivity index (χ2v) is 8.09. The fourth-order valence-corrected chi connectivity index (χ4v) is 4.38. The van der Waals surface area contributed by atoms with Gasteiger partial charge in [0.25, 0.3) is 0 Å². The second-order valence-electron chi connectivity index (χ2n) is 8.09. The normalized spacial score (nSPS) is 28.1. The monoisotopic (exact) mass is 361 g/mol. The summed E-state index contributed by atoms with van der Waals surface area (Å²) in [6, 6.07) is 10.7. The van der Waals surface area contributed by atoms with E-state index >= 15 is 0 Å². The van der Waals surface area contributed by atoms with Crippen LogP contribution in [0.4, 0.5) is 0 Å². The van der Waals surface area contributed by atoms with Gasteiger partial charge >= 0.3 is 0 Å². The molecule has 2 atom stereocenters. The van der Waals surface area contributed by atoms with Gasteiger partial charge in [0.15, 0.2) is 0 Å². The van der Waals surface area contributed by atoms with Crippen LogP contribution in [0.5, 0.6) is 0 Å². The van der Waals surface area contributed by atoms with Crippen LogP contribution in [0.3, 0.4) is 0 Å². The highest BCUT2D eigenvalue weighted by Gasteiger charge is 2.44. The molecule has 3 heterocycles. The van der Waals surface area contributed by atoms with E-state index in [9.17, 15) is 15.0 Å². The van der Waals surface area contributed by atoms with Gasteiger partial charge in [-0.1, -0.05) is 57.0 Å². The molecular weight excluding hydrogens is 326 g/mol. The molecule has 3 aliphatic rings. The molecule has 0 radical (unpaired) electrons. The molecule has 3 saturated heterocycles. The maximum atomic E-state index is 10.3. The number of rotatable bonds is 7. The Labute approximate surface area is 158 Å². The van der Waals surface area contributed by atoms with Crippen molar-refractivity contribution >= 4 is 5.97 Å². The predicted octanol–water partition coefficient (Wildman–Crippen LogP) is 2.74. The van der Waals surface area contributed by atoms with Gasteiger partial charge in [-0.15, -0.1) is 0 Å². The highest BCUT2D eigenvalue weighted by molar-refractivity contribution is 5.67. The molecule has 1 aromatic carbocycles. The molecule has 0 aliphatic carbocycles. The Kier molecular flexibility index (Phi) is 8.11. The molecule has 4 rings (SSSR count). The summed E-state index contributed by atoms with van der Waals surface area (Å²) >= 11 is 0. The van der Waals surface area contributed by atoms with E-state index in [4.69, 9.17) is 0 Å². The number of hydrogen-bond donors (Lipinski definition) is 1. The number of carboxylic acids is 1. The van der Waals surface area contributed by atoms with Crippen LogP contribution >= 0.6 is 0 Å². The third-order valence-electron chi connectivity index (χ3n) is 6.16. The Morgan fingerprint density at radius 2 is 1.88 bits per heavy atom. The third-order valence-corrected chi connectivity index (χ3v) is 6.16. The van der Waals surface area contributed by atoms with Crippen molar-refractivity contribution in [3.63, 3.8) is 0 Å². The van der Waals surface area contributed by atoms with Gasteiger partial charge in [0.05, 0.1) is 13.1 Å². The van der Waals surface area contributed by atoms with Gasteiger partial charge in [0, 0.05) is 30.3 Å². The Morgan fingerprint density at radius 3 is 2.38 bits per heavy atom. The smallest absolute Gasteiger partial charge is 0.106 e. The van der Waals surface area contributed by atoms with Gasteiger partial charge < -0.3 is 19.5 Å². The Bertz CT molecular complexity index is 538. The SMILES string of the molecule is CCCCC(CC)C(=O)[O-].OC1C[N+]2(Cc3ccccc3)CCC1CC2. The molecule has 4 heteroatoms. The number of aliphatic carboxylic acids is 1. The minimum Gasteiger partial charge on any atom is -0.550 e. The molecule has 2 unspecified atom stereocenters. The van der Waals surface area contributed by atoms with Gasteiger partial charge in [-0.25, -0.2) is 0 Å². The van der Waals surface area contributed by atoms with Crippen LogP contribution in [0, 0.1) is 11.8 Å². The van der Waals surface area contributed by atoms with Crippen molar-refractivity contribution < 1.29 is 19.5 Å². The van der Waals surface area contributed by atoms with E-state index in [2.05, 4.69) is 37.3 Å². The number of carbonyl (C=O) groups is 1. The van der Waals surface area contributed by atoms with Crippen LogP contribution in [0.25, 0.3) is 0 Å². The molecule has 0 saturated carbocycles. The second kappa shape index (κ2) is 10.1. The number of benzene rings is 1. The van der Waals surface area contributed by atoms with Gasteiger partial charge in [-0.2, -0.15) is 0 Å². The topological polar surface area (TPSA) is 60.4 Å². The fraction of sp³-hybridized carbons (Fsp3) is 0.682. The van der Waals surface area contributed by atoms with Crippen LogP contribution < -0.4 is 5.11 Å². The van der Waals surface area contributed by atoms with Crippen molar-refractivity contribution in [2.24, 2.45) is 11.8 Å². The van der Waals surface area contributed by atoms with Crippen LogP contribution in [-0.2, 0) is 11.3 Å². The molecule has 146 valence electrons. The maximum absolute atomic E-state index is 10.3. The molecule has 4 nitrogen and oxygen atoms in total. The number of hydrogen-bond acceptors (Lipinski definition) is 3. The lowest BCUT2D eigenvalue weighted by Crippen LogP contribution is -2.62. The zero-order chi connectivity index (χ0) is 19.0. The molecule has 1 N–H and O–H groups in total. The summed E-state index contributed by atoms with van der Waals surface area (Å²) in [6.45, 7) is 8.54. The highest BCUT2D eigenvalue weighted by atomic mass is 16.4. The van der Waals surface area contributed by atoms with Crippen molar-refractivity contribution in [3.8, 4) is 0 Å². The maximum Gasteiger partial charge on any atom is 0.106 e.